The van der Waals surface area contributed by atoms with Crippen molar-refractivity contribution in [2.24, 2.45) is 0 Å². The first-order chi connectivity index (χ1) is 8.14. The second-order valence-electron chi connectivity index (χ2n) is 4.25. The van der Waals surface area contributed by atoms with E-state index in [9.17, 15) is 9.90 Å². The number of aliphatic hydroxyl groups is 1. The standard InChI is InChI=1S/C11H17N3O3/c1-2-14-5-4-12-9(10(14)15)13-7-11(16)3-6-17-8-11/h4-5,16H,2-3,6-8H2,1H3,(H,12,13). The van der Waals surface area contributed by atoms with Gasteiger partial charge in [-0.1, -0.05) is 0 Å². The summed E-state index contributed by atoms with van der Waals surface area (Å²) in [5, 5.41) is 12.9. The van der Waals surface area contributed by atoms with Crippen LogP contribution in [0.5, 0.6) is 0 Å². The molecule has 1 aliphatic rings. The summed E-state index contributed by atoms with van der Waals surface area (Å²) in [6, 6.07) is 0. The van der Waals surface area contributed by atoms with Gasteiger partial charge in [0, 0.05) is 38.5 Å². The number of aromatic nitrogens is 2. The Morgan fingerprint density at radius 2 is 2.53 bits per heavy atom. The summed E-state index contributed by atoms with van der Waals surface area (Å²) in [5.41, 5.74) is -1.06. The van der Waals surface area contributed by atoms with E-state index in [-0.39, 0.29) is 17.9 Å². The predicted molar refractivity (Wildman–Crippen MR) is 63.0 cm³/mol. The number of hydrogen-bond acceptors (Lipinski definition) is 5. The topological polar surface area (TPSA) is 76.4 Å². The largest absolute Gasteiger partial charge is 0.386 e. The maximum absolute atomic E-state index is 11.8. The maximum atomic E-state index is 11.8. The predicted octanol–water partition coefficient (Wildman–Crippen LogP) is -0.174. The summed E-state index contributed by atoms with van der Waals surface area (Å²) < 4.78 is 6.69. The number of ether oxygens (including phenoxy) is 1. The summed E-state index contributed by atoms with van der Waals surface area (Å²) in [6.07, 6.45) is 3.79. The molecule has 17 heavy (non-hydrogen) atoms. The normalized spacial score (nSPS) is 23.9. The zero-order chi connectivity index (χ0) is 12.3. The summed E-state index contributed by atoms with van der Waals surface area (Å²) in [4.78, 5) is 15.8. The first-order valence-corrected chi connectivity index (χ1v) is 5.74. The van der Waals surface area contributed by atoms with Gasteiger partial charge in [0.15, 0.2) is 5.82 Å². The molecular formula is C11H17N3O3. The van der Waals surface area contributed by atoms with Gasteiger partial charge in [-0.05, 0) is 6.92 Å². The molecule has 1 atom stereocenters. The quantitative estimate of drug-likeness (QED) is 0.762. The van der Waals surface area contributed by atoms with Gasteiger partial charge in [0.05, 0.1) is 6.61 Å². The van der Waals surface area contributed by atoms with Crippen molar-refractivity contribution < 1.29 is 9.84 Å². The second-order valence-corrected chi connectivity index (χ2v) is 4.25. The van der Waals surface area contributed by atoms with E-state index in [0.717, 1.165) is 0 Å². The molecule has 1 aromatic rings. The van der Waals surface area contributed by atoms with Crippen molar-refractivity contribution in [1.29, 1.82) is 0 Å². The fourth-order valence-corrected chi connectivity index (χ4v) is 1.80. The van der Waals surface area contributed by atoms with Crippen LogP contribution in [0.15, 0.2) is 17.2 Å². The van der Waals surface area contributed by atoms with Gasteiger partial charge in [-0.3, -0.25) is 4.79 Å². The number of aryl methyl sites for hydroxylation is 1. The molecule has 0 spiro atoms. The van der Waals surface area contributed by atoms with E-state index < -0.39 is 5.60 Å². The Balaban J connectivity index is 2.06. The Hall–Kier alpha value is -1.40. The fraction of sp³-hybridized carbons (Fsp3) is 0.636. The highest BCUT2D eigenvalue weighted by Gasteiger charge is 2.32. The molecule has 6 heteroatoms. The molecule has 1 saturated heterocycles. The molecular weight excluding hydrogens is 222 g/mol. The molecule has 0 bridgehead atoms. The van der Waals surface area contributed by atoms with E-state index in [2.05, 4.69) is 10.3 Å². The summed E-state index contributed by atoms with van der Waals surface area (Å²) in [6.45, 7) is 3.63. The highest BCUT2D eigenvalue weighted by molar-refractivity contribution is 5.31. The van der Waals surface area contributed by atoms with Crippen LogP contribution < -0.4 is 10.9 Å². The summed E-state index contributed by atoms with van der Waals surface area (Å²) in [5.74, 6) is 0.273. The number of anilines is 1. The zero-order valence-corrected chi connectivity index (χ0v) is 9.85. The van der Waals surface area contributed by atoms with Gasteiger partial charge < -0.3 is 19.7 Å². The lowest BCUT2D eigenvalue weighted by atomic mass is 10.0. The minimum Gasteiger partial charge on any atom is -0.386 e. The van der Waals surface area contributed by atoms with Gasteiger partial charge in [0.1, 0.15) is 5.60 Å². The highest BCUT2D eigenvalue weighted by atomic mass is 16.5. The molecule has 2 N–H and O–H groups in total. The molecule has 0 saturated carbocycles. The van der Waals surface area contributed by atoms with Crippen LogP contribution in [-0.4, -0.2) is 40.0 Å². The van der Waals surface area contributed by atoms with Crippen molar-refractivity contribution in [3.63, 3.8) is 0 Å². The van der Waals surface area contributed by atoms with Crippen molar-refractivity contribution in [2.45, 2.75) is 25.5 Å². The average molecular weight is 239 g/mol. The maximum Gasteiger partial charge on any atom is 0.293 e. The van der Waals surface area contributed by atoms with Gasteiger partial charge in [-0.25, -0.2) is 4.98 Å². The molecule has 2 rings (SSSR count). The van der Waals surface area contributed by atoms with Crippen LogP contribution in [0.25, 0.3) is 0 Å². The lowest BCUT2D eigenvalue weighted by Gasteiger charge is -2.20. The molecule has 2 heterocycles. The van der Waals surface area contributed by atoms with Crippen molar-refractivity contribution in [3.8, 4) is 0 Å². The van der Waals surface area contributed by atoms with E-state index in [0.29, 0.717) is 26.2 Å². The molecule has 94 valence electrons. The highest BCUT2D eigenvalue weighted by Crippen LogP contribution is 2.17. The van der Waals surface area contributed by atoms with Crippen LogP contribution in [0.4, 0.5) is 5.82 Å². The minimum absolute atomic E-state index is 0.169. The van der Waals surface area contributed by atoms with Crippen molar-refractivity contribution in [1.82, 2.24) is 9.55 Å². The summed E-state index contributed by atoms with van der Waals surface area (Å²) in [7, 11) is 0. The van der Waals surface area contributed by atoms with Crippen LogP contribution >= 0.6 is 0 Å². The van der Waals surface area contributed by atoms with Crippen LogP contribution in [0.3, 0.4) is 0 Å². The third-order valence-corrected chi connectivity index (χ3v) is 2.92. The van der Waals surface area contributed by atoms with E-state index in [4.69, 9.17) is 4.74 Å². The number of nitrogens with zero attached hydrogens (tertiary/aromatic N) is 2. The molecule has 1 aliphatic heterocycles. The smallest absolute Gasteiger partial charge is 0.293 e. The van der Waals surface area contributed by atoms with E-state index in [1.807, 2.05) is 6.92 Å². The lowest BCUT2D eigenvalue weighted by molar-refractivity contribution is 0.0381. The lowest BCUT2D eigenvalue weighted by Crippen LogP contribution is -2.39. The Bertz CT molecular complexity index is 438. The molecule has 0 amide bonds. The van der Waals surface area contributed by atoms with Gasteiger partial charge in [-0.2, -0.15) is 0 Å². The van der Waals surface area contributed by atoms with Gasteiger partial charge in [-0.15, -0.1) is 0 Å². The molecule has 0 aromatic carbocycles. The molecule has 0 aliphatic carbocycles. The number of nitrogens with one attached hydrogen (secondary N) is 1. The van der Waals surface area contributed by atoms with Gasteiger partial charge in [0.25, 0.3) is 5.56 Å². The Morgan fingerprint density at radius 3 is 3.18 bits per heavy atom. The van der Waals surface area contributed by atoms with Gasteiger partial charge >= 0.3 is 0 Å². The molecule has 1 unspecified atom stereocenters. The van der Waals surface area contributed by atoms with Crippen molar-refractivity contribution in [3.05, 3.63) is 22.7 Å². The molecule has 1 fully saturated rings. The second kappa shape index (κ2) is 4.85. The first-order valence-electron chi connectivity index (χ1n) is 5.74. The van der Waals surface area contributed by atoms with Crippen LogP contribution in [0, 0.1) is 0 Å². The van der Waals surface area contributed by atoms with Gasteiger partial charge in [0.2, 0.25) is 0 Å². The van der Waals surface area contributed by atoms with E-state index >= 15 is 0 Å². The van der Waals surface area contributed by atoms with Crippen LogP contribution in [0.2, 0.25) is 0 Å². The van der Waals surface area contributed by atoms with Crippen molar-refractivity contribution >= 4 is 5.82 Å². The Morgan fingerprint density at radius 1 is 1.71 bits per heavy atom. The first kappa shape index (κ1) is 12.1. The average Bonchev–Trinajstić information content (AvgIpc) is 2.75. The minimum atomic E-state index is -0.888. The molecule has 0 radical (unpaired) electrons. The third-order valence-electron chi connectivity index (χ3n) is 2.92. The SMILES string of the molecule is CCn1ccnc(NCC2(O)CCOC2)c1=O. The molecule has 1 aromatic heterocycles. The number of rotatable bonds is 4. The fourth-order valence-electron chi connectivity index (χ4n) is 1.80. The molecule has 6 nitrogen and oxygen atoms in total. The third kappa shape index (κ3) is 2.65. The summed E-state index contributed by atoms with van der Waals surface area (Å²) >= 11 is 0. The van der Waals surface area contributed by atoms with Crippen LogP contribution in [0.1, 0.15) is 13.3 Å². The van der Waals surface area contributed by atoms with Crippen LogP contribution in [-0.2, 0) is 11.3 Å². The van der Waals surface area contributed by atoms with E-state index in [1.165, 1.54) is 0 Å². The van der Waals surface area contributed by atoms with E-state index in [1.54, 1.807) is 17.0 Å². The zero-order valence-electron chi connectivity index (χ0n) is 9.85. The van der Waals surface area contributed by atoms with Crippen molar-refractivity contribution in [2.75, 3.05) is 25.1 Å². The Labute approximate surface area is 99.2 Å². The Kier molecular flexibility index (Phi) is 3.44. The monoisotopic (exact) mass is 239 g/mol. The number of hydrogen-bond donors (Lipinski definition) is 2.